The predicted molar refractivity (Wildman–Crippen MR) is 129 cm³/mol. The Morgan fingerprint density at radius 1 is 0.886 bits per heavy atom. The van der Waals surface area contributed by atoms with Gasteiger partial charge in [-0.15, -0.1) is 0 Å². The smallest absolute Gasteiger partial charge is 0.410 e. The maximum atomic E-state index is 12.8. The van der Waals surface area contributed by atoms with Crippen molar-refractivity contribution in [1.82, 2.24) is 4.90 Å². The summed E-state index contributed by atoms with van der Waals surface area (Å²) < 4.78 is 66.9. The van der Waals surface area contributed by atoms with Gasteiger partial charge in [0.15, 0.2) is 0 Å². The summed E-state index contributed by atoms with van der Waals surface area (Å²) in [5.74, 6) is 0. The van der Waals surface area contributed by atoms with Gasteiger partial charge in [-0.05, 0) is 65.3 Å². The van der Waals surface area contributed by atoms with Crippen LogP contribution in [0.15, 0.2) is 58.3 Å². The maximum absolute atomic E-state index is 12.8. The van der Waals surface area contributed by atoms with Gasteiger partial charge in [0.25, 0.3) is 20.2 Å². The molecule has 11 heteroatoms. The van der Waals surface area contributed by atoms with Gasteiger partial charge in [-0.1, -0.05) is 35.4 Å². The SMILES string of the molecule is Cc1ccc(S(=O)(=O)OC[C@H]2C[C@H](OS(=O)(=O)c3ccc(C)cc3)CN2C(=O)OC(C)(C)C)cc1. The molecule has 0 aromatic heterocycles. The Morgan fingerprint density at radius 3 is 1.86 bits per heavy atom. The van der Waals surface area contributed by atoms with Gasteiger partial charge in [0.1, 0.15) is 5.60 Å². The molecular weight excluding hydrogens is 494 g/mol. The molecule has 1 aliphatic heterocycles. The highest BCUT2D eigenvalue weighted by Gasteiger charge is 2.41. The van der Waals surface area contributed by atoms with Gasteiger partial charge in [0, 0.05) is 0 Å². The van der Waals surface area contributed by atoms with E-state index in [9.17, 15) is 21.6 Å². The molecule has 2 atom stereocenters. The van der Waals surface area contributed by atoms with E-state index in [1.807, 2.05) is 13.8 Å². The summed E-state index contributed by atoms with van der Waals surface area (Å²) in [7, 11) is -8.18. The van der Waals surface area contributed by atoms with Crippen LogP contribution in [0.2, 0.25) is 0 Å². The molecule has 3 rings (SSSR count). The number of carbonyl (C=O) groups is 1. The van der Waals surface area contributed by atoms with E-state index >= 15 is 0 Å². The van der Waals surface area contributed by atoms with Crippen molar-refractivity contribution in [3.05, 3.63) is 59.7 Å². The van der Waals surface area contributed by atoms with Crippen LogP contribution in [0.25, 0.3) is 0 Å². The molecule has 0 radical (unpaired) electrons. The molecule has 0 spiro atoms. The largest absolute Gasteiger partial charge is 0.444 e. The summed E-state index contributed by atoms with van der Waals surface area (Å²) in [5, 5.41) is 0. The Hall–Kier alpha value is -2.47. The average Bonchev–Trinajstić information content (AvgIpc) is 3.14. The van der Waals surface area contributed by atoms with Gasteiger partial charge in [0.05, 0.1) is 35.1 Å². The van der Waals surface area contributed by atoms with Gasteiger partial charge in [0.2, 0.25) is 0 Å². The summed E-state index contributed by atoms with van der Waals surface area (Å²) in [6.07, 6.45) is -1.56. The van der Waals surface area contributed by atoms with E-state index in [1.165, 1.54) is 29.2 Å². The third-order valence-electron chi connectivity index (χ3n) is 5.30. The number of hydrogen-bond acceptors (Lipinski definition) is 8. The molecule has 1 aliphatic rings. The summed E-state index contributed by atoms with van der Waals surface area (Å²) in [5.41, 5.74) is 0.988. The first-order chi connectivity index (χ1) is 16.2. The van der Waals surface area contributed by atoms with Crippen molar-refractivity contribution in [3.63, 3.8) is 0 Å². The van der Waals surface area contributed by atoms with Gasteiger partial charge in [-0.3, -0.25) is 8.37 Å². The standard InChI is InChI=1S/C24H31NO8S2/c1-17-6-10-21(11-7-17)34(27,28)31-16-19-14-20(15-25(19)23(26)32-24(3,4)5)33-35(29,30)22-12-8-18(2)9-13-22/h6-13,19-20H,14-16H2,1-5H3/t19-,20+/m1/s1. The van der Waals surface area contributed by atoms with Gasteiger partial charge in [-0.2, -0.15) is 16.8 Å². The highest BCUT2D eigenvalue weighted by molar-refractivity contribution is 7.87. The molecule has 0 N–H and O–H groups in total. The number of hydrogen-bond donors (Lipinski definition) is 0. The third kappa shape index (κ3) is 7.26. The monoisotopic (exact) mass is 525 g/mol. The van der Waals surface area contributed by atoms with E-state index in [1.54, 1.807) is 45.0 Å². The molecular formula is C24H31NO8S2. The minimum atomic E-state index is -4.10. The van der Waals surface area contributed by atoms with E-state index in [0.717, 1.165) is 11.1 Å². The summed E-state index contributed by atoms with van der Waals surface area (Å²) >= 11 is 0. The average molecular weight is 526 g/mol. The van der Waals surface area contributed by atoms with Crippen LogP contribution in [0.1, 0.15) is 38.3 Å². The Bertz CT molecular complexity index is 1250. The molecule has 9 nitrogen and oxygen atoms in total. The van der Waals surface area contributed by atoms with E-state index in [2.05, 4.69) is 0 Å². The second kappa shape index (κ2) is 10.3. The highest BCUT2D eigenvalue weighted by Crippen LogP contribution is 2.27. The number of nitrogens with zero attached hydrogens (tertiary/aromatic N) is 1. The fraction of sp³-hybridized carbons (Fsp3) is 0.458. The van der Waals surface area contributed by atoms with Gasteiger partial charge in [-0.25, -0.2) is 4.79 Å². The van der Waals surface area contributed by atoms with Crippen molar-refractivity contribution < 1.29 is 34.7 Å². The lowest BCUT2D eigenvalue weighted by Crippen LogP contribution is -2.42. The Morgan fingerprint density at radius 2 is 1.37 bits per heavy atom. The quantitative estimate of drug-likeness (QED) is 0.501. The molecule has 0 bridgehead atoms. The number of rotatable bonds is 7. The first-order valence-corrected chi connectivity index (χ1v) is 13.9. The molecule has 0 unspecified atom stereocenters. The molecule has 1 saturated heterocycles. The summed E-state index contributed by atoms with van der Waals surface area (Å²) in [4.78, 5) is 14.1. The van der Waals surface area contributed by atoms with Crippen LogP contribution >= 0.6 is 0 Å². The minimum Gasteiger partial charge on any atom is -0.444 e. The van der Waals surface area contributed by atoms with Crippen molar-refractivity contribution in [1.29, 1.82) is 0 Å². The Labute approximate surface area is 207 Å². The van der Waals surface area contributed by atoms with Crippen LogP contribution in [0.5, 0.6) is 0 Å². The highest BCUT2D eigenvalue weighted by atomic mass is 32.2. The van der Waals surface area contributed by atoms with Crippen molar-refractivity contribution in [2.24, 2.45) is 0 Å². The Kier molecular flexibility index (Phi) is 7.95. The molecule has 1 amide bonds. The van der Waals surface area contributed by atoms with E-state index in [-0.39, 0.29) is 29.4 Å². The van der Waals surface area contributed by atoms with Crippen molar-refractivity contribution in [2.75, 3.05) is 13.2 Å². The number of ether oxygens (including phenoxy) is 1. The first-order valence-electron chi connectivity index (χ1n) is 11.1. The lowest BCUT2D eigenvalue weighted by Gasteiger charge is -2.28. The maximum Gasteiger partial charge on any atom is 0.410 e. The van der Waals surface area contributed by atoms with Crippen LogP contribution < -0.4 is 0 Å². The van der Waals surface area contributed by atoms with E-state index in [0.29, 0.717) is 0 Å². The zero-order valence-corrected chi connectivity index (χ0v) is 22.1. The second-order valence-electron chi connectivity index (χ2n) is 9.56. The lowest BCUT2D eigenvalue weighted by molar-refractivity contribution is 0.0178. The molecule has 2 aromatic carbocycles. The third-order valence-corrected chi connectivity index (χ3v) is 7.97. The van der Waals surface area contributed by atoms with E-state index < -0.39 is 44.1 Å². The number of carbonyl (C=O) groups excluding carboxylic acids is 1. The van der Waals surface area contributed by atoms with E-state index in [4.69, 9.17) is 13.1 Å². The number of benzene rings is 2. The van der Waals surface area contributed by atoms with Gasteiger partial charge < -0.3 is 9.64 Å². The number of aryl methyl sites for hydroxylation is 2. The van der Waals surface area contributed by atoms with Crippen LogP contribution in [0.4, 0.5) is 4.79 Å². The van der Waals surface area contributed by atoms with Crippen molar-refractivity contribution in [3.8, 4) is 0 Å². The second-order valence-corrected chi connectivity index (χ2v) is 12.7. The molecule has 1 heterocycles. The zero-order chi connectivity index (χ0) is 26.0. The van der Waals surface area contributed by atoms with Crippen LogP contribution in [0, 0.1) is 13.8 Å². The van der Waals surface area contributed by atoms with Crippen LogP contribution in [0.3, 0.4) is 0 Å². The number of amides is 1. The van der Waals surface area contributed by atoms with Gasteiger partial charge >= 0.3 is 6.09 Å². The molecule has 2 aromatic rings. The molecule has 0 aliphatic carbocycles. The Balaban J connectivity index is 1.77. The fourth-order valence-electron chi connectivity index (χ4n) is 3.53. The molecule has 1 fully saturated rings. The molecule has 192 valence electrons. The topological polar surface area (TPSA) is 116 Å². The number of likely N-dealkylation sites (tertiary alicyclic amines) is 1. The molecule has 0 saturated carbocycles. The van der Waals surface area contributed by atoms with Crippen molar-refractivity contribution >= 4 is 26.3 Å². The lowest BCUT2D eigenvalue weighted by atomic mass is 10.2. The zero-order valence-electron chi connectivity index (χ0n) is 20.4. The normalized spacial score (nSPS) is 19.1. The fourth-order valence-corrected chi connectivity index (χ4v) is 5.55. The predicted octanol–water partition coefficient (Wildman–Crippen LogP) is 3.79. The molecule has 35 heavy (non-hydrogen) atoms. The summed E-state index contributed by atoms with van der Waals surface area (Å²) in [6, 6.07) is 11.6. The van der Waals surface area contributed by atoms with Crippen LogP contribution in [-0.2, 0) is 33.3 Å². The first kappa shape index (κ1) is 27.1. The van der Waals surface area contributed by atoms with Crippen LogP contribution in [-0.4, -0.2) is 58.7 Å². The minimum absolute atomic E-state index is 0.00596. The summed E-state index contributed by atoms with van der Waals surface area (Å²) in [6.45, 7) is 8.29. The van der Waals surface area contributed by atoms with Crippen molar-refractivity contribution in [2.45, 2.75) is 68.6 Å².